The topological polar surface area (TPSA) is 34.3 Å². The molecule has 0 N–H and O–H groups in total. The van der Waals surface area contributed by atoms with Crippen LogP contribution in [0.5, 0.6) is 0 Å². The molecule has 74 valence electrons. The van der Waals surface area contributed by atoms with E-state index in [1.54, 1.807) is 4.74 Å². The molecule has 0 amide bonds. The predicted octanol–water partition coefficient (Wildman–Crippen LogP) is 1.08. The van der Waals surface area contributed by atoms with Crippen LogP contribution in [0.4, 0.5) is 0 Å². The van der Waals surface area contributed by atoms with Crippen molar-refractivity contribution in [3.05, 3.63) is 41.7 Å². The van der Waals surface area contributed by atoms with Crippen molar-refractivity contribution in [3.63, 3.8) is 0 Å². The van der Waals surface area contributed by atoms with E-state index in [4.69, 9.17) is 0 Å². The third-order valence-electron chi connectivity index (χ3n) is 2.49. The maximum Gasteiger partial charge on any atom is 0.207 e. The number of hydrogen-bond acceptors (Lipinski definition) is 2. The number of aryl methyl sites for hydroxylation is 2. The second-order valence-electron chi connectivity index (χ2n) is 3.70. The van der Waals surface area contributed by atoms with Crippen molar-refractivity contribution in [1.82, 2.24) is 14.9 Å². The second-order valence-corrected chi connectivity index (χ2v) is 3.70. The van der Waals surface area contributed by atoms with Crippen molar-refractivity contribution in [2.45, 2.75) is 13.8 Å². The van der Waals surface area contributed by atoms with Gasteiger partial charge >= 0.3 is 0 Å². The quantitative estimate of drug-likeness (QED) is 0.508. The average molecular weight is 199 g/mol. The monoisotopic (exact) mass is 199 g/mol. The molecule has 2 heterocycles. The molecule has 0 saturated heterocycles. The van der Waals surface area contributed by atoms with Crippen LogP contribution < -0.4 is 4.52 Å². The molecule has 4 heteroatoms. The molecule has 3 aromatic rings. The number of rotatable bonds is 0. The Balaban J connectivity index is 2.61. The molecule has 0 fully saturated rings. The van der Waals surface area contributed by atoms with Gasteiger partial charge in [0, 0.05) is 16.3 Å². The van der Waals surface area contributed by atoms with E-state index >= 15 is 0 Å². The maximum absolute atomic E-state index is 4.41. The lowest BCUT2D eigenvalue weighted by Gasteiger charge is -1.93. The van der Waals surface area contributed by atoms with Crippen molar-refractivity contribution >= 4 is 11.0 Å². The molecule has 2 aromatic heterocycles. The molecule has 0 atom stereocenters. The minimum absolute atomic E-state index is 0.962. The Morgan fingerprint density at radius 3 is 2.80 bits per heavy atom. The van der Waals surface area contributed by atoms with Crippen LogP contribution in [0.1, 0.15) is 11.4 Å². The second kappa shape index (κ2) is 2.76. The highest BCUT2D eigenvalue weighted by Gasteiger charge is 2.14. The standard InChI is InChI=1S/C11H11N4/c1-8-7-9(2)14-11-6-4-3-5-10(11)13-15(14)12-8/h3-7H,1-2H3/q+1. The number of aromatic nitrogens is 4. The number of nitrogens with zero attached hydrogens (tertiary/aromatic N) is 4. The van der Waals surface area contributed by atoms with E-state index in [1.807, 2.05) is 41.8 Å². The highest BCUT2D eigenvalue weighted by atomic mass is 15.6. The predicted molar refractivity (Wildman–Crippen MR) is 55.6 cm³/mol. The van der Waals surface area contributed by atoms with Crippen molar-refractivity contribution in [1.29, 1.82) is 0 Å². The fourth-order valence-electron chi connectivity index (χ4n) is 1.90. The fourth-order valence-corrected chi connectivity index (χ4v) is 1.90. The van der Waals surface area contributed by atoms with E-state index in [9.17, 15) is 0 Å². The van der Waals surface area contributed by atoms with Gasteiger partial charge in [-0.2, -0.15) is 0 Å². The Morgan fingerprint density at radius 1 is 1.13 bits per heavy atom. The van der Waals surface area contributed by atoms with Gasteiger partial charge in [-0.25, -0.2) is 0 Å². The third-order valence-corrected chi connectivity index (χ3v) is 2.49. The molecule has 0 aliphatic carbocycles. The van der Waals surface area contributed by atoms with Gasteiger partial charge in [0.05, 0.1) is 4.74 Å². The highest BCUT2D eigenvalue weighted by molar-refractivity contribution is 5.69. The molecule has 4 nitrogen and oxygen atoms in total. The molecule has 0 spiro atoms. The molecule has 0 saturated carbocycles. The van der Waals surface area contributed by atoms with Gasteiger partial charge in [0.15, 0.2) is 5.52 Å². The lowest BCUT2D eigenvalue weighted by Crippen LogP contribution is -2.34. The van der Waals surface area contributed by atoms with Crippen LogP contribution in [0.2, 0.25) is 0 Å². The molecular formula is C11H11N4+. The Morgan fingerprint density at radius 2 is 1.93 bits per heavy atom. The molecule has 0 radical (unpaired) electrons. The van der Waals surface area contributed by atoms with Crippen LogP contribution in [-0.4, -0.2) is 14.9 Å². The van der Waals surface area contributed by atoms with E-state index in [-0.39, 0.29) is 0 Å². The summed E-state index contributed by atoms with van der Waals surface area (Å²) >= 11 is 0. The van der Waals surface area contributed by atoms with Crippen molar-refractivity contribution in [3.8, 4) is 0 Å². The zero-order valence-corrected chi connectivity index (χ0v) is 8.68. The van der Waals surface area contributed by atoms with Crippen LogP contribution in [0.25, 0.3) is 11.0 Å². The summed E-state index contributed by atoms with van der Waals surface area (Å²) < 4.78 is 3.65. The Labute approximate surface area is 86.8 Å². The summed E-state index contributed by atoms with van der Waals surface area (Å²) in [7, 11) is 0. The largest absolute Gasteiger partial charge is 0.207 e. The smallest absolute Gasteiger partial charge is 0.126 e. The average Bonchev–Trinajstić information content (AvgIpc) is 2.54. The molecule has 1 aromatic carbocycles. The Bertz CT molecular complexity index is 654. The van der Waals surface area contributed by atoms with Crippen molar-refractivity contribution in [2.75, 3.05) is 0 Å². The van der Waals surface area contributed by atoms with Gasteiger partial charge in [0.2, 0.25) is 5.52 Å². The van der Waals surface area contributed by atoms with Gasteiger partial charge in [0.1, 0.15) is 11.4 Å². The van der Waals surface area contributed by atoms with E-state index in [0.29, 0.717) is 0 Å². The first-order valence-electron chi connectivity index (χ1n) is 4.90. The van der Waals surface area contributed by atoms with Crippen molar-refractivity contribution < 1.29 is 4.52 Å². The highest BCUT2D eigenvalue weighted by Crippen LogP contribution is 2.06. The van der Waals surface area contributed by atoms with E-state index in [2.05, 4.69) is 17.1 Å². The summed E-state index contributed by atoms with van der Waals surface area (Å²) in [5.41, 5.74) is 4.16. The summed E-state index contributed by atoms with van der Waals surface area (Å²) in [6, 6.07) is 10.1. The first-order valence-corrected chi connectivity index (χ1v) is 4.90. The molecule has 15 heavy (non-hydrogen) atoms. The summed E-state index contributed by atoms with van der Waals surface area (Å²) in [6.45, 7) is 4.03. The summed E-state index contributed by atoms with van der Waals surface area (Å²) in [5, 5.41) is 8.75. The van der Waals surface area contributed by atoms with Crippen LogP contribution in [0, 0.1) is 13.8 Å². The van der Waals surface area contributed by atoms with Crippen LogP contribution >= 0.6 is 0 Å². The third kappa shape index (κ3) is 1.11. The Hall–Kier alpha value is -1.97. The van der Waals surface area contributed by atoms with E-state index < -0.39 is 0 Å². The lowest BCUT2D eigenvalue weighted by molar-refractivity contribution is -0.612. The van der Waals surface area contributed by atoms with Gasteiger partial charge in [0.25, 0.3) is 0 Å². The SMILES string of the molecule is Cc1cc(C)[n+]2c3ccccc3nn2n1. The van der Waals surface area contributed by atoms with Crippen molar-refractivity contribution in [2.24, 2.45) is 0 Å². The maximum atomic E-state index is 4.41. The first kappa shape index (κ1) is 8.35. The van der Waals surface area contributed by atoms with E-state index in [1.165, 1.54) is 0 Å². The lowest BCUT2D eigenvalue weighted by atomic mass is 10.3. The zero-order chi connectivity index (χ0) is 10.4. The minimum Gasteiger partial charge on any atom is -0.126 e. The minimum atomic E-state index is 0.962. The number of para-hydroxylation sites is 1. The van der Waals surface area contributed by atoms with Gasteiger partial charge in [-0.15, -0.1) is 4.52 Å². The molecule has 0 aliphatic rings. The zero-order valence-electron chi connectivity index (χ0n) is 8.68. The van der Waals surface area contributed by atoms with Gasteiger partial charge in [-0.1, -0.05) is 12.1 Å². The summed E-state index contributed by atoms with van der Waals surface area (Å²) in [4.78, 5) is 0. The summed E-state index contributed by atoms with van der Waals surface area (Å²) in [6.07, 6.45) is 0. The number of hydrogen-bond donors (Lipinski definition) is 0. The Kier molecular flexibility index (Phi) is 1.54. The first-order chi connectivity index (χ1) is 7.25. The van der Waals surface area contributed by atoms with Crippen LogP contribution in [0.15, 0.2) is 30.3 Å². The van der Waals surface area contributed by atoms with Gasteiger partial charge < -0.3 is 0 Å². The summed E-state index contributed by atoms with van der Waals surface area (Å²) in [5.74, 6) is 0. The molecule has 3 rings (SSSR count). The normalized spacial score (nSPS) is 11.3. The van der Waals surface area contributed by atoms with Gasteiger partial charge in [-0.3, -0.25) is 0 Å². The molecule has 0 aliphatic heterocycles. The van der Waals surface area contributed by atoms with Crippen LogP contribution in [-0.2, 0) is 0 Å². The van der Waals surface area contributed by atoms with Gasteiger partial charge in [-0.05, 0) is 26.0 Å². The molecular weight excluding hydrogens is 188 g/mol. The number of benzene rings is 1. The fraction of sp³-hybridized carbons (Fsp3) is 0.182. The molecule has 0 bridgehead atoms. The number of fused-ring (bicyclic) bond motifs is 3. The van der Waals surface area contributed by atoms with E-state index in [0.717, 1.165) is 22.4 Å². The van der Waals surface area contributed by atoms with Crippen LogP contribution in [0.3, 0.4) is 0 Å². The molecule has 0 unspecified atom stereocenters.